The number of para-hydroxylation sites is 6. The molecule has 7 heterocycles. The molecular formula is C103H134N6O21. The number of carboxylic acid groups (broad SMARTS) is 1. The lowest BCUT2D eigenvalue weighted by molar-refractivity contribution is -0.271. The third kappa shape index (κ3) is 30.3. The van der Waals surface area contributed by atoms with Gasteiger partial charge in [-0.15, -0.1) is 0 Å². The molecule has 0 bridgehead atoms. The second-order valence-corrected chi connectivity index (χ2v) is 30.1. The topological polar surface area (TPSA) is 487 Å². The molecule has 1 aliphatic rings. The number of aromatic hydroxyl groups is 5. The average molecular weight is 1790 g/mol. The van der Waals surface area contributed by atoms with E-state index in [1.165, 1.54) is 38.5 Å². The van der Waals surface area contributed by atoms with E-state index in [4.69, 9.17) is 19.7 Å². The van der Waals surface area contributed by atoms with Crippen molar-refractivity contribution in [1.29, 1.82) is 0 Å². The Hall–Kier alpha value is -14.1. The molecule has 19 N–H and O–H groups in total. The first-order chi connectivity index (χ1) is 62.5. The molecule has 0 saturated carbocycles. The van der Waals surface area contributed by atoms with Gasteiger partial charge in [-0.3, -0.25) is 28.8 Å². The Morgan fingerprint density at radius 3 is 0.938 bits per heavy atom. The van der Waals surface area contributed by atoms with Crippen LogP contribution in [0.4, 0.5) is 0 Å². The highest BCUT2D eigenvalue weighted by Gasteiger charge is 2.48. The minimum absolute atomic E-state index is 0. The number of rotatable bonds is 28. The molecule has 1 saturated heterocycles. The number of carboxylic acids is 1. The number of unbranched alkanes of at least 4 members (excludes halogenated alkanes) is 16. The normalized spacial score (nSPS) is 13.7. The van der Waals surface area contributed by atoms with Gasteiger partial charge in [-0.1, -0.05) is 202 Å². The predicted octanol–water partition coefficient (Wildman–Crippen LogP) is 15.7. The van der Waals surface area contributed by atoms with Gasteiger partial charge in [0.2, 0.25) is 38.9 Å². The van der Waals surface area contributed by atoms with Crippen LogP contribution in [0.1, 0.15) is 210 Å². The zero-order valence-electron chi connectivity index (χ0n) is 74.0. The first-order valence-corrected chi connectivity index (χ1v) is 43.3. The highest BCUT2D eigenvalue weighted by molar-refractivity contribution is 5.85. The summed E-state index contributed by atoms with van der Waals surface area (Å²) in [5.74, 6) is 27.9. The zero-order chi connectivity index (χ0) is 93.6. The number of pyridine rings is 6. The molecule has 27 nitrogen and oxygen atoms in total. The molecule has 1 fully saturated rings. The summed E-state index contributed by atoms with van der Waals surface area (Å²) in [5, 5.41) is 107. The van der Waals surface area contributed by atoms with Crippen molar-refractivity contribution in [2.24, 2.45) is 0 Å². The van der Waals surface area contributed by atoms with Crippen molar-refractivity contribution in [2.75, 3.05) is 13.7 Å². The van der Waals surface area contributed by atoms with Crippen LogP contribution in [0.2, 0.25) is 0 Å². The maximum absolute atomic E-state index is 13.1. The molecule has 702 valence electrons. The molecule has 5 atom stereocenters. The van der Waals surface area contributed by atoms with Crippen molar-refractivity contribution < 1.29 is 88.8 Å². The van der Waals surface area contributed by atoms with E-state index >= 15 is 0 Å². The number of fused-ring (bicyclic) bond motifs is 6. The molecule has 130 heavy (non-hydrogen) atoms. The van der Waals surface area contributed by atoms with Gasteiger partial charge >= 0.3 is 5.97 Å². The number of aliphatic hydroxyl groups is 5. The number of benzene rings is 6. The maximum Gasteiger partial charge on any atom is 0.335 e. The van der Waals surface area contributed by atoms with Crippen LogP contribution in [0.5, 0.6) is 34.5 Å². The quantitative estimate of drug-likeness (QED) is 0.0160. The summed E-state index contributed by atoms with van der Waals surface area (Å²) in [4.78, 5) is 103. The van der Waals surface area contributed by atoms with Gasteiger partial charge in [0, 0.05) is 80.9 Å². The molecule has 0 spiro atoms. The minimum atomic E-state index is -1.83. The minimum Gasteiger partial charge on any atom is -0.503 e. The zero-order valence-corrected chi connectivity index (χ0v) is 74.0. The number of aromatic amines is 6. The van der Waals surface area contributed by atoms with E-state index < -0.39 is 64.5 Å². The van der Waals surface area contributed by atoms with E-state index in [0.717, 1.165) is 126 Å². The Balaban J connectivity index is -0.000000780. The van der Waals surface area contributed by atoms with E-state index in [-0.39, 0.29) is 75.6 Å². The van der Waals surface area contributed by atoms with Crippen molar-refractivity contribution in [3.8, 4) is 106 Å². The molecule has 6 aromatic heterocycles. The summed E-state index contributed by atoms with van der Waals surface area (Å²) in [6, 6.07) is 42.6. The van der Waals surface area contributed by atoms with Crippen LogP contribution >= 0.6 is 0 Å². The fourth-order valence-corrected chi connectivity index (χ4v) is 13.9. The van der Waals surface area contributed by atoms with Crippen molar-refractivity contribution in [3.63, 3.8) is 0 Å². The Kier molecular flexibility index (Phi) is 45.3. The summed E-state index contributed by atoms with van der Waals surface area (Å²) >= 11 is 0. The third-order valence-corrected chi connectivity index (χ3v) is 20.8. The lowest BCUT2D eigenvalue weighted by Crippen LogP contribution is -2.61. The van der Waals surface area contributed by atoms with E-state index in [9.17, 15) is 79.5 Å². The molecule has 0 aliphatic carbocycles. The van der Waals surface area contributed by atoms with Crippen LogP contribution in [0.25, 0.3) is 65.4 Å². The monoisotopic (exact) mass is 1790 g/mol. The van der Waals surface area contributed by atoms with Crippen LogP contribution in [-0.4, -0.2) is 142 Å². The maximum atomic E-state index is 13.1. The van der Waals surface area contributed by atoms with Crippen LogP contribution in [0, 0.1) is 71.0 Å². The molecule has 0 radical (unpaired) electrons. The molecule has 0 amide bonds. The Morgan fingerprint density at radius 2 is 0.623 bits per heavy atom. The van der Waals surface area contributed by atoms with Gasteiger partial charge in [-0.05, 0) is 204 Å². The van der Waals surface area contributed by atoms with E-state index in [2.05, 4.69) is 122 Å². The molecular weight excluding hydrogens is 1660 g/mol. The Bertz CT molecular complexity index is 6340. The van der Waals surface area contributed by atoms with Crippen molar-refractivity contribution >= 4 is 71.4 Å². The van der Waals surface area contributed by atoms with Crippen molar-refractivity contribution in [1.82, 2.24) is 29.9 Å². The van der Waals surface area contributed by atoms with E-state index in [1.807, 2.05) is 36.4 Å². The number of aryl methyl sites for hydroxylation is 4. The lowest BCUT2D eigenvalue weighted by atomic mass is 9.99. The Labute approximate surface area is 766 Å². The average Bonchev–Trinajstić information content (AvgIpc) is 0.763. The summed E-state index contributed by atoms with van der Waals surface area (Å²) in [6.45, 7) is 10.1. The third-order valence-electron chi connectivity index (χ3n) is 20.8. The summed E-state index contributed by atoms with van der Waals surface area (Å²) < 4.78 is 10.9. The molecule has 12 aromatic rings. The molecule has 2 unspecified atom stereocenters. The number of nitrogens with one attached hydrogen (secondary N) is 6. The molecule has 6 aromatic carbocycles. The second-order valence-electron chi connectivity index (χ2n) is 30.1. The summed E-state index contributed by atoms with van der Waals surface area (Å²) in [6.07, 6.45) is 15.4. The van der Waals surface area contributed by atoms with Gasteiger partial charge in [0.25, 0.3) is 0 Å². The van der Waals surface area contributed by atoms with Gasteiger partial charge in [0.15, 0.2) is 40.6 Å². The highest BCUT2D eigenvalue weighted by atomic mass is 16.7. The van der Waals surface area contributed by atoms with Crippen LogP contribution in [-0.2, 0) is 35.2 Å². The molecule has 13 rings (SSSR count). The van der Waals surface area contributed by atoms with Gasteiger partial charge in [-0.25, -0.2) is 4.79 Å². The number of aliphatic hydroxyl groups excluding tert-OH is 5. The number of aromatic nitrogens is 6. The highest BCUT2D eigenvalue weighted by Crippen LogP contribution is 2.29. The van der Waals surface area contributed by atoms with Crippen LogP contribution in [0.15, 0.2) is 174 Å². The van der Waals surface area contributed by atoms with Crippen molar-refractivity contribution in [3.05, 3.63) is 241 Å². The number of carbonyl (C=O) groups is 1. The van der Waals surface area contributed by atoms with Gasteiger partial charge in [0.1, 0.15) is 29.7 Å². The van der Waals surface area contributed by atoms with Gasteiger partial charge in [-0.2, -0.15) is 0 Å². The first kappa shape index (κ1) is 105. The van der Waals surface area contributed by atoms with Gasteiger partial charge < -0.3 is 101 Å². The van der Waals surface area contributed by atoms with E-state index in [0.29, 0.717) is 84.5 Å². The number of ether oxygens (including phenoxy) is 2. The second kappa shape index (κ2) is 56.2. The van der Waals surface area contributed by atoms with E-state index in [1.54, 1.807) is 123 Å². The van der Waals surface area contributed by atoms with Crippen LogP contribution < -0.4 is 37.3 Å². The lowest BCUT2D eigenvalue weighted by Gasteiger charge is -2.38. The van der Waals surface area contributed by atoms with Crippen molar-refractivity contribution in [2.45, 2.75) is 219 Å². The smallest absolute Gasteiger partial charge is 0.335 e. The Morgan fingerprint density at radius 1 is 0.354 bits per heavy atom. The molecule has 27 heteroatoms. The largest absolute Gasteiger partial charge is 0.503 e. The molecule has 1 aliphatic heterocycles. The SMILES string of the molecule is CC#CC#CC#Cc1[nH]c2ccccc2c(=O)c1O.CC#CC#CC#Cc1[nH]c2ccccc2c(=O)c1O.CCCCCCCc1[nH]c2ccccc2c(=O)c1O.CCCCCCCc1[nH]c2ccccc2c(=O)c1O.CCCCCCCc1[nH]c2ccccc2c(=O)c1O[C@@H]1OC(C(=O)O)[C@H](O)C(O)[C@H]1O.CO.O.O=c1c(O)c(CCCCCCCO)[nH]c2ccccc12.[HH].[HH].[HH].[HH].[HH].[HH].[HH].[HH].[HH]. The number of hydrogen-bond acceptors (Lipinski definition) is 19. The predicted molar refractivity (Wildman–Crippen MR) is 529 cm³/mol. The number of aliphatic carboxylic acids is 1. The standard InChI is InChI=1S/C22H29NO8.C16H21NO3.2C16H21NO2.2C16H9NO2.CH4O.H2O.9H2/c1-2-3-4-5-6-11-14-19(15(24)12-9-7-8-10-13(12)23-14)30-22-18(27)16(25)17(26)20(31-22)21(28)29;18-11-7-3-1-2-4-10-14-16(20)15(19)12-8-5-6-9-13(12)17-14;4*1-2-3-4-5-6-11-14-16(19)15(18)12-9-7-8-10-13(12)17-14;1-2;;;;;;;;;;/h7-10,16-18,20,22,25-27H,2-6,11H2,1H3,(H,23,24)(H,28,29);5-6,8-9,18,20H,1-4,7,10-11H2,(H,17,19);2*7-10,19H,2-6,11H2,1H3,(H,17,18);2*7-10,19H,1H3,(H,17,18);2H,1H3;1H2;9*1H/t16?,17-,18-,20?,22-;;;;;;;;;;;;;;;;/m1................/s1. The number of H-pyrrole nitrogens is 6. The number of hydrogen-bond donors (Lipinski definition) is 17. The van der Waals surface area contributed by atoms with Gasteiger partial charge in [0.05, 0.1) is 33.8 Å². The fourth-order valence-electron chi connectivity index (χ4n) is 13.9. The fraction of sp³-hybridized carbons (Fsp3) is 0.350. The summed E-state index contributed by atoms with van der Waals surface area (Å²) in [5.41, 5.74) is 4.86. The first-order valence-electron chi connectivity index (χ1n) is 43.3. The summed E-state index contributed by atoms with van der Waals surface area (Å²) in [7, 11) is 1.00. The van der Waals surface area contributed by atoms with Crippen LogP contribution in [0.3, 0.4) is 0 Å².